The van der Waals surface area contributed by atoms with Crippen LogP contribution in [0, 0.1) is 0 Å². The Labute approximate surface area is 542 Å². The van der Waals surface area contributed by atoms with Crippen molar-refractivity contribution in [3.63, 3.8) is 0 Å². The fraction of sp³-hybridized carbons (Fsp3) is 0. The molecule has 0 saturated carbocycles. The summed E-state index contributed by atoms with van der Waals surface area (Å²) in [5.74, 6) is 0. The molecule has 0 amide bonds. The topological polar surface area (TPSA) is 26.3 Å². The Hall–Kier alpha value is -12.4. The second kappa shape index (κ2) is 21.7. The van der Waals surface area contributed by atoms with Crippen molar-refractivity contribution in [1.29, 1.82) is 0 Å². The Morgan fingerprint density at radius 1 is 0.138 bits per heavy atom. The number of hydrogen-bond donors (Lipinski definition) is 0. The van der Waals surface area contributed by atoms with E-state index in [0.717, 1.165) is 43.9 Å². The van der Waals surface area contributed by atoms with Gasteiger partial charge >= 0.3 is 0 Å². The van der Waals surface area contributed by atoms with Gasteiger partial charge in [-0.05, 0) is 214 Å². The smallest absolute Gasteiger partial charge is 0.136 e. The summed E-state index contributed by atoms with van der Waals surface area (Å²) in [5, 5.41) is 24.6. The van der Waals surface area contributed by atoms with Crippen LogP contribution in [0.25, 0.3) is 197 Å². The van der Waals surface area contributed by atoms with E-state index in [-0.39, 0.29) is 0 Å². The second-order valence-electron chi connectivity index (χ2n) is 24.9. The van der Waals surface area contributed by atoms with Gasteiger partial charge in [-0.1, -0.05) is 279 Å². The Balaban J connectivity index is 0.000000133. The molecule has 0 aliphatic rings. The van der Waals surface area contributed by atoms with Crippen molar-refractivity contribution in [2.75, 3.05) is 0 Å². The number of furan rings is 2. The first-order valence-corrected chi connectivity index (χ1v) is 32.3. The summed E-state index contributed by atoms with van der Waals surface area (Å²) in [4.78, 5) is 0. The Morgan fingerprint density at radius 2 is 0.457 bits per heavy atom. The van der Waals surface area contributed by atoms with Crippen LogP contribution in [-0.2, 0) is 0 Å². The van der Waals surface area contributed by atoms with Gasteiger partial charge in [0.05, 0.1) is 0 Å². The Kier molecular flexibility index (Phi) is 12.3. The first-order valence-electron chi connectivity index (χ1n) is 32.3. The molecule has 2 aromatic heterocycles. The summed E-state index contributed by atoms with van der Waals surface area (Å²) >= 11 is 0. The highest BCUT2D eigenvalue weighted by atomic mass is 16.3. The van der Waals surface area contributed by atoms with Gasteiger partial charge in [0, 0.05) is 21.5 Å². The van der Waals surface area contributed by atoms with Crippen LogP contribution < -0.4 is 0 Å². The summed E-state index contributed by atoms with van der Waals surface area (Å²) in [6, 6.07) is 123. The molecule has 20 rings (SSSR count). The molecule has 2 nitrogen and oxygen atoms in total. The van der Waals surface area contributed by atoms with E-state index in [1.54, 1.807) is 0 Å². The first-order chi connectivity index (χ1) is 46.6. The van der Waals surface area contributed by atoms with Crippen molar-refractivity contribution in [1.82, 2.24) is 0 Å². The van der Waals surface area contributed by atoms with E-state index in [4.69, 9.17) is 8.83 Å². The first kappa shape index (κ1) is 53.5. The highest BCUT2D eigenvalue weighted by molar-refractivity contribution is 6.25. The minimum Gasteiger partial charge on any atom is -0.456 e. The summed E-state index contributed by atoms with van der Waals surface area (Å²) in [7, 11) is 0. The molecule has 0 spiro atoms. The van der Waals surface area contributed by atoms with Crippen LogP contribution in [0.15, 0.2) is 349 Å². The maximum Gasteiger partial charge on any atom is 0.136 e. The van der Waals surface area contributed by atoms with Crippen molar-refractivity contribution >= 4 is 130 Å². The molecule has 0 saturated heterocycles. The van der Waals surface area contributed by atoms with E-state index in [0.29, 0.717) is 0 Å². The van der Waals surface area contributed by atoms with Gasteiger partial charge in [-0.3, -0.25) is 0 Å². The molecule has 20 aromatic rings. The molecular formula is C92H56O2. The third kappa shape index (κ3) is 8.80. The molecule has 0 radical (unpaired) electrons. The number of hydrogen-bond acceptors (Lipinski definition) is 2. The van der Waals surface area contributed by atoms with Crippen molar-refractivity contribution < 1.29 is 8.83 Å². The van der Waals surface area contributed by atoms with Crippen LogP contribution in [-0.4, -0.2) is 0 Å². The molecular weight excluding hydrogens is 1140 g/mol. The Bertz CT molecular complexity index is 6350. The molecule has 2 heterocycles. The summed E-state index contributed by atoms with van der Waals surface area (Å²) in [6.07, 6.45) is 0. The third-order valence-corrected chi connectivity index (χ3v) is 19.6. The van der Waals surface area contributed by atoms with E-state index in [1.807, 2.05) is 0 Å². The standard InChI is InChI=1S/2C46H28O/c1-2-12-33-28-44-42(26-32(33)11-1)41-27-34(24-25-43(41)47-44)29-20-22-31(23-21-29)45-37-15-5-7-17-39(37)46(40-18-8-6-16-38(40)45)36-19-9-13-30-10-3-4-14-35(30)36;1-2-11-30-24-36(21-20-29(30)10-1)46-39-18-7-5-16-37(39)45(38-17-6-8-19-40(38)46)35-15-9-14-31(25-35)34-22-23-43-41(27-34)42-26-32-12-3-4-13-33(32)28-44(42)47-43/h2*1-28H. The predicted molar refractivity (Wildman–Crippen MR) is 400 cm³/mol. The molecule has 0 bridgehead atoms. The van der Waals surface area contributed by atoms with Crippen LogP contribution in [0.2, 0.25) is 0 Å². The summed E-state index contributed by atoms with van der Waals surface area (Å²) < 4.78 is 12.6. The van der Waals surface area contributed by atoms with Gasteiger partial charge in [-0.25, -0.2) is 0 Å². The lowest BCUT2D eigenvalue weighted by atomic mass is 9.84. The van der Waals surface area contributed by atoms with E-state index in [9.17, 15) is 0 Å². The molecule has 94 heavy (non-hydrogen) atoms. The summed E-state index contributed by atoms with van der Waals surface area (Å²) in [6.45, 7) is 0. The maximum absolute atomic E-state index is 6.31. The lowest BCUT2D eigenvalue weighted by Crippen LogP contribution is -1.91. The molecule has 0 aliphatic heterocycles. The largest absolute Gasteiger partial charge is 0.456 e. The van der Waals surface area contributed by atoms with Gasteiger partial charge in [-0.15, -0.1) is 0 Å². The van der Waals surface area contributed by atoms with Gasteiger partial charge in [-0.2, -0.15) is 0 Å². The van der Waals surface area contributed by atoms with Crippen molar-refractivity contribution in [3.05, 3.63) is 340 Å². The fourth-order valence-electron chi connectivity index (χ4n) is 15.2. The fourth-order valence-corrected chi connectivity index (χ4v) is 15.2. The monoisotopic (exact) mass is 1190 g/mol. The van der Waals surface area contributed by atoms with Crippen molar-refractivity contribution in [3.8, 4) is 66.8 Å². The van der Waals surface area contributed by atoms with E-state index >= 15 is 0 Å². The lowest BCUT2D eigenvalue weighted by Gasteiger charge is -2.19. The zero-order chi connectivity index (χ0) is 61.8. The number of fused-ring (bicyclic) bond motifs is 14. The number of rotatable bonds is 6. The molecule has 0 atom stereocenters. The second-order valence-corrected chi connectivity index (χ2v) is 24.9. The molecule has 436 valence electrons. The molecule has 0 N–H and O–H groups in total. The minimum absolute atomic E-state index is 0.913. The lowest BCUT2D eigenvalue weighted by molar-refractivity contribution is 0.669. The number of benzene rings is 18. The van der Waals surface area contributed by atoms with Gasteiger partial charge < -0.3 is 8.83 Å². The molecule has 0 aliphatic carbocycles. The van der Waals surface area contributed by atoms with Crippen LogP contribution >= 0.6 is 0 Å². The normalized spacial score (nSPS) is 11.8. The van der Waals surface area contributed by atoms with Gasteiger partial charge in [0.1, 0.15) is 22.3 Å². The molecule has 0 fully saturated rings. The summed E-state index contributed by atoms with van der Waals surface area (Å²) in [5.41, 5.74) is 18.5. The zero-order valence-corrected chi connectivity index (χ0v) is 51.1. The van der Waals surface area contributed by atoms with Gasteiger partial charge in [0.25, 0.3) is 0 Å². The third-order valence-electron chi connectivity index (χ3n) is 19.6. The van der Waals surface area contributed by atoms with Crippen LogP contribution in [0.4, 0.5) is 0 Å². The van der Waals surface area contributed by atoms with Gasteiger partial charge in [0.2, 0.25) is 0 Å². The average molecular weight is 1190 g/mol. The molecule has 2 heteroatoms. The highest BCUT2D eigenvalue weighted by Crippen LogP contribution is 2.48. The Morgan fingerprint density at radius 3 is 0.968 bits per heavy atom. The predicted octanol–water partition coefficient (Wildman–Crippen LogP) is 26.4. The van der Waals surface area contributed by atoms with Crippen molar-refractivity contribution in [2.24, 2.45) is 0 Å². The van der Waals surface area contributed by atoms with Crippen LogP contribution in [0.5, 0.6) is 0 Å². The van der Waals surface area contributed by atoms with Gasteiger partial charge in [0.15, 0.2) is 0 Å². The average Bonchev–Trinajstić information content (AvgIpc) is 1.18. The van der Waals surface area contributed by atoms with E-state index < -0.39 is 0 Å². The molecule has 18 aromatic carbocycles. The SMILES string of the molecule is c1cc(-c2ccc3oc4cc5ccccc5cc4c3c2)cc(-c2c3ccccc3c(-c3ccc4ccccc4c3)c3ccccc23)c1.c1ccc2cc3c(cc2c1)oc1ccc(-c2ccc(-c4c5ccccc5c(-c5cccc6ccccc56)c5ccccc45)cc2)cc13. The maximum atomic E-state index is 6.31. The zero-order valence-electron chi connectivity index (χ0n) is 51.1. The van der Waals surface area contributed by atoms with Crippen LogP contribution in [0.1, 0.15) is 0 Å². The molecule has 0 unspecified atom stereocenters. The van der Waals surface area contributed by atoms with Crippen LogP contribution in [0.3, 0.4) is 0 Å². The highest BCUT2D eigenvalue weighted by Gasteiger charge is 2.21. The quantitative estimate of drug-likeness (QED) is 0.155. The van der Waals surface area contributed by atoms with E-state index in [2.05, 4.69) is 340 Å². The minimum atomic E-state index is 0.913. The van der Waals surface area contributed by atoms with Crippen molar-refractivity contribution in [2.45, 2.75) is 0 Å². The van der Waals surface area contributed by atoms with E-state index in [1.165, 1.54) is 153 Å².